The number of carbonyl (C=O) groups is 2. The molecule has 1 aliphatic heterocycles. The first kappa shape index (κ1) is 19.0. The highest BCUT2D eigenvalue weighted by molar-refractivity contribution is 6.39. The van der Waals surface area contributed by atoms with Crippen LogP contribution in [0, 0.1) is 5.82 Å². The number of fused-ring (bicyclic) bond motifs is 1. The van der Waals surface area contributed by atoms with Crippen molar-refractivity contribution >= 4 is 45.9 Å². The van der Waals surface area contributed by atoms with Gasteiger partial charge in [-0.3, -0.25) is 14.6 Å². The number of nitrogens with zero attached hydrogens (tertiary/aromatic N) is 2. The number of halogens is 2. The minimum absolute atomic E-state index is 0.0522. The quantitative estimate of drug-likeness (QED) is 0.622. The van der Waals surface area contributed by atoms with Crippen LogP contribution in [-0.2, 0) is 9.59 Å². The van der Waals surface area contributed by atoms with E-state index in [1.54, 1.807) is 18.2 Å². The second kappa shape index (κ2) is 7.59. The maximum atomic E-state index is 13.6. The molecule has 0 bridgehead atoms. The largest absolute Gasteiger partial charge is 0.417 e. The van der Waals surface area contributed by atoms with Crippen molar-refractivity contribution in [2.75, 3.05) is 36.4 Å². The van der Waals surface area contributed by atoms with Gasteiger partial charge in [0.1, 0.15) is 5.82 Å². The fraction of sp³-hybridized carbons (Fsp3) is 0.211. The summed E-state index contributed by atoms with van der Waals surface area (Å²) in [6.07, 6.45) is 0. The molecule has 2 aromatic carbocycles. The third-order valence-electron chi connectivity index (χ3n) is 4.71. The van der Waals surface area contributed by atoms with Gasteiger partial charge in [-0.05, 0) is 30.3 Å². The first-order valence-corrected chi connectivity index (χ1v) is 9.21. The molecule has 0 saturated carbocycles. The lowest BCUT2D eigenvalue weighted by Crippen LogP contribution is -2.51. The average molecular weight is 419 g/mol. The summed E-state index contributed by atoms with van der Waals surface area (Å²) in [6, 6.07) is 9.15. The zero-order chi connectivity index (χ0) is 20.5. The van der Waals surface area contributed by atoms with Crippen LogP contribution in [0.3, 0.4) is 0 Å². The van der Waals surface area contributed by atoms with Crippen molar-refractivity contribution in [2.45, 2.75) is 0 Å². The van der Waals surface area contributed by atoms with Crippen molar-refractivity contribution in [1.29, 1.82) is 0 Å². The van der Waals surface area contributed by atoms with Crippen LogP contribution in [0.2, 0.25) is 5.02 Å². The Hall–Kier alpha value is -3.33. The second-order valence-corrected chi connectivity index (χ2v) is 6.96. The van der Waals surface area contributed by atoms with Crippen LogP contribution >= 0.6 is 11.6 Å². The molecule has 150 valence electrons. The molecule has 8 nitrogen and oxygen atoms in total. The van der Waals surface area contributed by atoms with E-state index < -0.39 is 23.4 Å². The van der Waals surface area contributed by atoms with Gasteiger partial charge in [0.15, 0.2) is 5.58 Å². The predicted molar refractivity (Wildman–Crippen MR) is 106 cm³/mol. The summed E-state index contributed by atoms with van der Waals surface area (Å²) in [5.41, 5.74) is 1.79. The molecule has 10 heteroatoms. The average Bonchev–Trinajstić information content (AvgIpc) is 3.09. The molecule has 2 N–H and O–H groups in total. The lowest BCUT2D eigenvalue weighted by molar-refractivity contribution is -0.143. The molecule has 1 saturated heterocycles. The lowest BCUT2D eigenvalue weighted by atomic mass is 10.2. The fourth-order valence-corrected chi connectivity index (χ4v) is 3.32. The Balaban J connectivity index is 1.37. The van der Waals surface area contributed by atoms with Gasteiger partial charge < -0.3 is 19.5 Å². The minimum atomic E-state index is -0.784. The normalized spacial score (nSPS) is 14.3. The molecule has 0 unspecified atom stereocenters. The van der Waals surface area contributed by atoms with Crippen molar-refractivity contribution in [3.05, 3.63) is 57.8 Å². The number of rotatable bonds is 2. The van der Waals surface area contributed by atoms with Gasteiger partial charge in [-0.25, -0.2) is 9.18 Å². The number of nitrogens with one attached hydrogen (secondary N) is 2. The van der Waals surface area contributed by atoms with Gasteiger partial charge in [0, 0.05) is 43.6 Å². The van der Waals surface area contributed by atoms with Crippen molar-refractivity contribution in [2.24, 2.45) is 0 Å². The number of benzene rings is 2. The van der Waals surface area contributed by atoms with E-state index in [1.165, 1.54) is 23.1 Å². The van der Waals surface area contributed by atoms with Crippen LogP contribution in [0.1, 0.15) is 0 Å². The van der Waals surface area contributed by atoms with E-state index in [2.05, 4.69) is 10.3 Å². The summed E-state index contributed by atoms with van der Waals surface area (Å²) in [5, 5.41) is 2.57. The Morgan fingerprint density at radius 3 is 2.59 bits per heavy atom. The fourth-order valence-electron chi connectivity index (χ4n) is 3.20. The molecule has 3 aromatic rings. The zero-order valence-electron chi connectivity index (χ0n) is 15.1. The van der Waals surface area contributed by atoms with Gasteiger partial charge in [-0.2, -0.15) is 0 Å². The van der Waals surface area contributed by atoms with Gasteiger partial charge in [0.05, 0.1) is 10.5 Å². The van der Waals surface area contributed by atoms with E-state index >= 15 is 0 Å². The number of piperazine rings is 1. The number of hydrogen-bond donors (Lipinski definition) is 2. The van der Waals surface area contributed by atoms with Crippen LogP contribution in [0.25, 0.3) is 11.1 Å². The molecule has 0 atom stereocenters. The van der Waals surface area contributed by atoms with Crippen LogP contribution in [0.4, 0.5) is 15.8 Å². The molecule has 1 fully saturated rings. The van der Waals surface area contributed by atoms with Crippen LogP contribution < -0.4 is 16.0 Å². The molecular weight excluding hydrogens is 403 g/mol. The highest BCUT2D eigenvalue weighted by atomic mass is 35.5. The Labute approximate surface area is 168 Å². The first-order chi connectivity index (χ1) is 13.9. The van der Waals surface area contributed by atoms with Crippen molar-refractivity contribution in [3.8, 4) is 0 Å². The van der Waals surface area contributed by atoms with Crippen LogP contribution in [0.5, 0.6) is 0 Å². The predicted octanol–water partition coefficient (Wildman–Crippen LogP) is 2.20. The highest BCUT2D eigenvalue weighted by Crippen LogP contribution is 2.23. The number of anilines is 2. The molecule has 1 aromatic heterocycles. The second-order valence-electron chi connectivity index (χ2n) is 6.56. The Kier molecular flexibility index (Phi) is 4.98. The smallest absolute Gasteiger partial charge is 0.408 e. The SMILES string of the molecule is O=C(Nc1ccc2[nH]c(=O)oc2c1)C(=O)N1CCN(c2ccc(Cl)c(F)c2)CC1. The minimum Gasteiger partial charge on any atom is -0.408 e. The molecular formula is C19H16ClFN4O4. The maximum Gasteiger partial charge on any atom is 0.417 e. The van der Waals surface area contributed by atoms with Gasteiger partial charge in [0.25, 0.3) is 0 Å². The molecule has 1 aliphatic rings. The lowest BCUT2D eigenvalue weighted by Gasteiger charge is -2.35. The van der Waals surface area contributed by atoms with E-state index in [9.17, 15) is 18.8 Å². The Morgan fingerprint density at radius 1 is 1.10 bits per heavy atom. The summed E-state index contributed by atoms with van der Waals surface area (Å²) in [4.78, 5) is 41.8. The number of carbonyl (C=O) groups excluding carboxylic acids is 2. The van der Waals surface area contributed by atoms with Crippen molar-refractivity contribution < 1.29 is 18.4 Å². The van der Waals surface area contributed by atoms with E-state index in [4.69, 9.17) is 16.0 Å². The first-order valence-electron chi connectivity index (χ1n) is 8.84. The third kappa shape index (κ3) is 3.95. The standard InChI is InChI=1S/C19H16ClFN4O4/c20-13-3-2-12(10-14(13)21)24-5-7-25(8-6-24)18(27)17(26)22-11-1-4-15-16(9-11)29-19(28)23-15/h1-4,9-10H,5-8H2,(H,22,26)(H,23,28). The number of amides is 2. The van der Waals surface area contributed by atoms with Gasteiger partial charge in [-0.1, -0.05) is 11.6 Å². The number of aromatic nitrogens is 1. The van der Waals surface area contributed by atoms with E-state index in [-0.39, 0.29) is 10.6 Å². The Morgan fingerprint density at radius 2 is 1.86 bits per heavy atom. The summed E-state index contributed by atoms with van der Waals surface area (Å²) in [7, 11) is 0. The maximum absolute atomic E-state index is 13.6. The topological polar surface area (TPSA) is 98.6 Å². The summed E-state index contributed by atoms with van der Waals surface area (Å²) < 4.78 is 18.6. The molecule has 0 aliphatic carbocycles. The van der Waals surface area contributed by atoms with Crippen LogP contribution in [-0.4, -0.2) is 47.9 Å². The number of H-pyrrole nitrogens is 1. The molecule has 4 rings (SSSR count). The van der Waals surface area contributed by atoms with Gasteiger partial charge >= 0.3 is 17.6 Å². The summed E-state index contributed by atoms with van der Waals surface area (Å²) in [5.74, 6) is -2.55. The number of oxazole rings is 1. The van der Waals surface area contributed by atoms with Gasteiger partial charge in [0.2, 0.25) is 0 Å². The van der Waals surface area contributed by atoms with E-state index in [0.29, 0.717) is 43.1 Å². The number of hydrogen-bond acceptors (Lipinski definition) is 5. The number of aromatic amines is 1. The summed E-state index contributed by atoms with van der Waals surface area (Å²) in [6.45, 7) is 1.56. The molecule has 2 heterocycles. The van der Waals surface area contributed by atoms with Crippen molar-refractivity contribution in [1.82, 2.24) is 9.88 Å². The zero-order valence-corrected chi connectivity index (χ0v) is 15.8. The van der Waals surface area contributed by atoms with E-state index in [0.717, 1.165) is 0 Å². The third-order valence-corrected chi connectivity index (χ3v) is 5.01. The molecule has 0 spiro atoms. The monoisotopic (exact) mass is 418 g/mol. The summed E-state index contributed by atoms with van der Waals surface area (Å²) >= 11 is 5.71. The van der Waals surface area contributed by atoms with Gasteiger partial charge in [-0.15, -0.1) is 0 Å². The highest BCUT2D eigenvalue weighted by Gasteiger charge is 2.26. The van der Waals surface area contributed by atoms with Crippen molar-refractivity contribution in [3.63, 3.8) is 0 Å². The van der Waals surface area contributed by atoms with E-state index in [1.807, 2.05) is 4.90 Å². The molecule has 0 radical (unpaired) electrons. The Bertz CT molecular complexity index is 1150. The van der Waals surface area contributed by atoms with Crippen LogP contribution in [0.15, 0.2) is 45.6 Å². The molecule has 29 heavy (non-hydrogen) atoms. The molecule has 2 amide bonds.